The molecule has 3 rings (SSSR count). The van der Waals surface area contributed by atoms with Crippen LogP contribution in [0.5, 0.6) is 0 Å². The molecule has 9 heavy (non-hydrogen) atoms. The number of rotatable bonds is 1. The molecule has 3 saturated carbocycles. The summed E-state index contributed by atoms with van der Waals surface area (Å²) in [5.41, 5.74) is 0.876. The topological polar surface area (TPSA) is 9.23 Å². The second kappa shape index (κ2) is 1.07. The van der Waals surface area contributed by atoms with E-state index in [1.54, 1.807) is 0 Å². The van der Waals surface area contributed by atoms with Crippen LogP contribution >= 0.6 is 0 Å². The van der Waals surface area contributed by atoms with Gasteiger partial charge in [0.25, 0.3) is 0 Å². The van der Waals surface area contributed by atoms with Crippen molar-refractivity contribution in [2.75, 3.05) is 7.11 Å². The predicted molar refractivity (Wildman–Crippen MR) is 34.1 cm³/mol. The molecule has 1 nitrogen and oxygen atoms in total. The van der Waals surface area contributed by atoms with E-state index < -0.39 is 0 Å². The summed E-state index contributed by atoms with van der Waals surface area (Å²) in [4.78, 5) is 0. The maximum absolute atomic E-state index is 5.36. The van der Waals surface area contributed by atoms with Gasteiger partial charge in [0.05, 0.1) is 6.10 Å². The zero-order valence-electron chi connectivity index (χ0n) is 5.76. The molecular formula is C8H12O. The first-order valence-electron chi connectivity index (χ1n) is 3.89. The quantitative estimate of drug-likeness (QED) is 0.514. The number of ether oxygens (including phenoxy) is 1. The SMILES string of the molecule is COC1CC2CC23CC13. The Kier molecular flexibility index (Phi) is 0.563. The fourth-order valence-electron chi connectivity index (χ4n) is 2.98. The molecule has 0 amide bonds. The summed E-state index contributed by atoms with van der Waals surface area (Å²) < 4.78 is 5.36. The molecule has 50 valence electrons. The van der Waals surface area contributed by atoms with Gasteiger partial charge in [-0.1, -0.05) is 0 Å². The van der Waals surface area contributed by atoms with Crippen LogP contribution < -0.4 is 0 Å². The fraction of sp³-hybridized carbons (Fsp3) is 1.00. The van der Waals surface area contributed by atoms with Crippen molar-refractivity contribution in [2.45, 2.75) is 25.4 Å². The van der Waals surface area contributed by atoms with E-state index in [-0.39, 0.29) is 0 Å². The first-order chi connectivity index (χ1) is 4.37. The van der Waals surface area contributed by atoms with E-state index in [1.807, 2.05) is 7.11 Å². The van der Waals surface area contributed by atoms with Gasteiger partial charge in [0.1, 0.15) is 0 Å². The van der Waals surface area contributed by atoms with Crippen LogP contribution in [-0.2, 0) is 4.74 Å². The molecule has 0 heterocycles. The summed E-state index contributed by atoms with van der Waals surface area (Å²) >= 11 is 0. The molecule has 0 aromatic rings. The molecule has 0 aromatic heterocycles. The second-order valence-corrected chi connectivity index (χ2v) is 3.95. The number of hydrogen-bond acceptors (Lipinski definition) is 1. The average Bonchev–Trinajstić information content (AvgIpc) is 2.72. The Morgan fingerprint density at radius 2 is 2.33 bits per heavy atom. The highest BCUT2D eigenvalue weighted by molar-refractivity contribution is 5.25. The Hall–Kier alpha value is -0.0400. The van der Waals surface area contributed by atoms with Crippen LogP contribution in [0.3, 0.4) is 0 Å². The largest absolute Gasteiger partial charge is 0.381 e. The minimum absolute atomic E-state index is 0.656. The highest BCUT2D eigenvalue weighted by Gasteiger charge is 2.77. The van der Waals surface area contributed by atoms with Crippen molar-refractivity contribution in [2.24, 2.45) is 17.3 Å². The summed E-state index contributed by atoms with van der Waals surface area (Å²) in [5.74, 6) is 2.08. The molecule has 4 atom stereocenters. The molecule has 0 radical (unpaired) electrons. The van der Waals surface area contributed by atoms with Crippen molar-refractivity contribution in [1.29, 1.82) is 0 Å². The van der Waals surface area contributed by atoms with Gasteiger partial charge < -0.3 is 4.74 Å². The highest BCUT2D eigenvalue weighted by atomic mass is 16.5. The smallest absolute Gasteiger partial charge is 0.0608 e. The predicted octanol–water partition coefficient (Wildman–Crippen LogP) is 1.43. The third kappa shape index (κ3) is 0.362. The lowest BCUT2D eigenvalue weighted by molar-refractivity contribution is 0.0825. The molecule has 3 aliphatic rings. The van der Waals surface area contributed by atoms with E-state index in [9.17, 15) is 0 Å². The van der Waals surface area contributed by atoms with Crippen molar-refractivity contribution >= 4 is 0 Å². The minimum Gasteiger partial charge on any atom is -0.381 e. The van der Waals surface area contributed by atoms with Gasteiger partial charge >= 0.3 is 0 Å². The molecule has 4 unspecified atom stereocenters. The maximum Gasteiger partial charge on any atom is 0.0608 e. The first-order valence-corrected chi connectivity index (χ1v) is 3.89. The maximum atomic E-state index is 5.36. The molecule has 3 fully saturated rings. The van der Waals surface area contributed by atoms with E-state index in [0.29, 0.717) is 6.10 Å². The van der Waals surface area contributed by atoms with Gasteiger partial charge in [0.2, 0.25) is 0 Å². The van der Waals surface area contributed by atoms with E-state index in [1.165, 1.54) is 19.3 Å². The number of hydrogen-bond donors (Lipinski definition) is 0. The second-order valence-electron chi connectivity index (χ2n) is 3.95. The van der Waals surface area contributed by atoms with Gasteiger partial charge in [-0.3, -0.25) is 0 Å². The molecule has 1 spiro atoms. The van der Waals surface area contributed by atoms with Crippen LogP contribution in [-0.4, -0.2) is 13.2 Å². The average molecular weight is 124 g/mol. The van der Waals surface area contributed by atoms with E-state index >= 15 is 0 Å². The molecule has 0 saturated heterocycles. The highest BCUT2D eigenvalue weighted by Crippen LogP contribution is 2.82. The summed E-state index contributed by atoms with van der Waals surface area (Å²) in [6, 6.07) is 0. The Morgan fingerprint density at radius 3 is 2.67 bits per heavy atom. The Bertz CT molecular complexity index is 166. The molecular weight excluding hydrogens is 112 g/mol. The van der Waals surface area contributed by atoms with Crippen molar-refractivity contribution in [3.05, 3.63) is 0 Å². The monoisotopic (exact) mass is 124 g/mol. The van der Waals surface area contributed by atoms with Crippen molar-refractivity contribution < 1.29 is 4.74 Å². The zero-order chi connectivity index (χ0) is 6.06. The van der Waals surface area contributed by atoms with Gasteiger partial charge in [-0.15, -0.1) is 0 Å². The van der Waals surface area contributed by atoms with Crippen LogP contribution in [0.1, 0.15) is 19.3 Å². The summed E-state index contributed by atoms with van der Waals surface area (Å²) in [6.45, 7) is 0. The summed E-state index contributed by atoms with van der Waals surface area (Å²) in [7, 11) is 1.86. The molecule has 0 aromatic carbocycles. The van der Waals surface area contributed by atoms with Gasteiger partial charge in [-0.2, -0.15) is 0 Å². The minimum atomic E-state index is 0.656. The molecule has 0 N–H and O–H groups in total. The van der Waals surface area contributed by atoms with Crippen molar-refractivity contribution in [3.8, 4) is 0 Å². The van der Waals surface area contributed by atoms with Crippen LogP contribution in [0.4, 0.5) is 0 Å². The molecule has 0 bridgehead atoms. The van der Waals surface area contributed by atoms with Gasteiger partial charge in [0.15, 0.2) is 0 Å². The zero-order valence-corrected chi connectivity index (χ0v) is 5.76. The standard InChI is InChI=1S/C8H12O/c1-9-7-2-5-3-8(5)4-6(7)8/h5-7H,2-4H2,1H3. The van der Waals surface area contributed by atoms with Crippen molar-refractivity contribution in [1.82, 2.24) is 0 Å². The first kappa shape index (κ1) is 4.73. The van der Waals surface area contributed by atoms with Gasteiger partial charge in [-0.05, 0) is 36.5 Å². The lowest BCUT2D eigenvalue weighted by atomic mass is 10.2. The Morgan fingerprint density at radius 1 is 1.44 bits per heavy atom. The summed E-state index contributed by atoms with van der Waals surface area (Å²) in [6.07, 6.45) is 5.07. The van der Waals surface area contributed by atoms with Gasteiger partial charge in [0, 0.05) is 7.11 Å². The van der Waals surface area contributed by atoms with E-state index in [4.69, 9.17) is 4.74 Å². The molecule has 1 heteroatoms. The summed E-state index contributed by atoms with van der Waals surface area (Å²) in [5, 5.41) is 0. The number of methoxy groups -OCH3 is 1. The molecule has 3 aliphatic carbocycles. The van der Waals surface area contributed by atoms with Crippen LogP contribution in [0, 0.1) is 17.3 Å². The van der Waals surface area contributed by atoms with Gasteiger partial charge in [-0.25, -0.2) is 0 Å². The fourth-order valence-corrected chi connectivity index (χ4v) is 2.98. The van der Waals surface area contributed by atoms with Crippen molar-refractivity contribution in [3.63, 3.8) is 0 Å². The normalized spacial score (nSPS) is 67.0. The van der Waals surface area contributed by atoms with E-state index in [0.717, 1.165) is 17.3 Å². The Labute approximate surface area is 55.4 Å². The third-order valence-corrected chi connectivity index (χ3v) is 3.73. The third-order valence-electron chi connectivity index (χ3n) is 3.73. The lowest BCUT2D eigenvalue weighted by Gasteiger charge is -2.09. The Balaban J connectivity index is 1.86. The molecule has 0 aliphatic heterocycles. The van der Waals surface area contributed by atoms with Crippen LogP contribution in [0.25, 0.3) is 0 Å². The van der Waals surface area contributed by atoms with E-state index in [2.05, 4.69) is 0 Å². The lowest BCUT2D eigenvalue weighted by Crippen LogP contribution is -2.10. The van der Waals surface area contributed by atoms with Crippen LogP contribution in [0.15, 0.2) is 0 Å². The van der Waals surface area contributed by atoms with Crippen LogP contribution in [0.2, 0.25) is 0 Å².